The number of halogens is 2. The average molecular weight is 464 g/mol. The molecule has 166 valence electrons. The highest BCUT2D eigenvalue weighted by Crippen LogP contribution is 2.40. The fraction of sp³-hybridized carbons (Fsp3) is 0.391. The lowest BCUT2D eigenvalue weighted by molar-refractivity contribution is -0.142. The first-order chi connectivity index (χ1) is 14.9. The van der Waals surface area contributed by atoms with Gasteiger partial charge in [0.25, 0.3) is 0 Å². The zero-order valence-corrected chi connectivity index (χ0v) is 18.9. The quantitative estimate of drug-likeness (QED) is 0.405. The Labute approximate surface area is 192 Å². The van der Waals surface area contributed by atoms with E-state index in [1.54, 1.807) is 12.1 Å². The van der Waals surface area contributed by atoms with Gasteiger partial charge in [0.05, 0.1) is 19.6 Å². The van der Waals surface area contributed by atoms with Crippen molar-refractivity contribution in [2.75, 3.05) is 19.0 Å². The lowest BCUT2D eigenvalue weighted by atomic mass is 9.92. The first-order valence-corrected chi connectivity index (χ1v) is 11.1. The van der Waals surface area contributed by atoms with Crippen molar-refractivity contribution in [3.05, 3.63) is 63.1 Å². The largest absolute Gasteiger partial charge is 0.467 e. The van der Waals surface area contributed by atoms with E-state index in [0.717, 1.165) is 30.4 Å². The molecular formula is C23H27Cl2N3O3. The van der Waals surface area contributed by atoms with Crippen molar-refractivity contribution >= 4 is 40.8 Å². The number of nitrogens with two attached hydrogens (primary N) is 1. The maximum Gasteiger partial charge on any atom is 0.328 e. The first-order valence-electron chi connectivity index (χ1n) is 10.3. The van der Waals surface area contributed by atoms with Crippen LogP contribution in [0.15, 0.2) is 36.4 Å². The van der Waals surface area contributed by atoms with Gasteiger partial charge in [-0.25, -0.2) is 4.79 Å². The minimum absolute atomic E-state index is 0.150. The van der Waals surface area contributed by atoms with Gasteiger partial charge >= 0.3 is 5.97 Å². The summed E-state index contributed by atoms with van der Waals surface area (Å²) in [5.41, 5.74) is 9.02. The Hall–Kier alpha value is -2.28. The minimum Gasteiger partial charge on any atom is -0.467 e. The zero-order valence-electron chi connectivity index (χ0n) is 17.4. The molecule has 0 aliphatic carbocycles. The van der Waals surface area contributed by atoms with E-state index in [1.807, 2.05) is 24.3 Å². The van der Waals surface area contributed by atoms with E-state index in [1.165, 1.54) is 12.7 Å². The van der Waals surface area contributed by atoms with E-state index in [0.29, 0.717) is 28.7 Å². The molecule has 2 aromatic carbocycles. The molecule has 6 nitrogen and oxygen atoms in total. The third-order valence-electron chi connectivity index (χ3n) is 5.37. The number of hydrogen-bond acceptors (Lipinski definition) is 5. The molecule has 4 N–H and O–H groups in total. The molecule has 2 atom stereocenters. The number of methoxy groups -OCH3 is 1. The fourth-order valence-electron chi connectivity index (χ4n) is 3.82. The number of amides is 1. The molecule has 0 radical (unpaired) electrons. The summed E-state index contributed by atoms with van der Waals surface area (Å²) < 4.78 is 4.87. The van der Waals surface area contributed by atoms with Gasteiger partial charge in [-0.2, -0.15) is 0 Å². The average Bonchev–Trinajstić information content (AvgIpc) is 2.73. The molecule has 2 aromatic rings. The normalized spacial score (nSPS) is 17.4. The number of carbonyl (C=O) groups excluding carboxylic acids is 2. The van der Waals surface area contributed by atoms with Crippen molar-refractivity contribution in [1.82, 2.24) is 5.32 Å². The number of hydrogen-bond donors (Lipinski definition) is 3. The van der Waals surface area contributed by atoms with Crippen LogP contribution >= 0.6 is 23.2 Å². The predicted octanol–water partition coefficient (Wildman–Crippen LogP) is 4.03. The molecule has 1 amide bonds. The smallest absolute Gasteiger partial charge is 0.328 e. The molecule has 8 heteroatoms. The lowest BCUT2D eigenvalue weighted by Gasteiger charge is -2.33. The van der Waals surface area contributed by atoms with Crippen LogP contribution in [0.2, 0.25) is 10.0 Å². The maximum atomic E-state index is 12.8. The summed E-state index contributed by atoms with van der Waals surface area (Å²) in [5, 5.41) is 7.01. The predicted molar refractivity (Wildman–Crippen MR) is 124 cm³/mol. The number of unbranched alkanes of at least 4 members (excludes halogenated alkanes) is 1. The number of fused-ring (bicyclic) bond motifs is 1. The second-order valence-electron chi connectivity index (χ2n) is 7.66. The van der Waals surface area contributed by atoms with Crippen LogP contribution in [-0.4, -0.2) is 31.6 Å². The Morgan fingerprint density at radius 3 is 2.55 bits per heavy atom. The standard InChI is InChI=1S/C23H27Cl2N3O3/c1-31-23(30)20-13-19(22-17(25)11-16(24)12-18(22)27-20)28-21(29)10-15-7-5-14(6-8-15)4-2-3-9-26/h5-8,11-12,19-20,27H,2-4,9-10,13,26H2,1H3,(H,28,29). The third-order valence-corrected chi connectivity index (χ3v) is 5.90. The number of anilines is 1. The molecule has 0 bridgehead atoms. The molecule has 0 fully saturated rings. The van der Waals surface area contributed by atoms with Gasteiger partial charge in [-0.05, 0) is 49.1 Å². The van der Waals surface area contributed by atoms with Crippen LogP contribution in [-0.2, 0) is 27.2 Å². The fourth-order valence-corrected chi connectivity index (χ4v) is 4.44. The second kappa shape index (κ2) is 10.8. The molecule has 31 heavy (non-hydrogen) atoms. The molecular weight excluding hydrogens is 437 g/mol. The highest BCUT2D eigenvalue weighted by Gasteiger charge is 2.34. The van der Waals surface area contributed by atoms with Crippen LogP contribution in [0, 0.1) is 0 Å². The van der Waals surface area contributed by atoms with Crippen molar-refractivity contribution in [2.24, 2.45) is 5.73 Å². The van der Waals surface area contributed by atoms with Gasteiger partial charge in [0.1, 0.15) is 6.04 Å². The van der Waals surface area contributed by atoms with E-state index in [4.69, 9.17) is 33.7 Å². The van der Waals surface area contributed by atoms with Crippen LogP contribution in [0.3, 0.4) is 0 Å². The summed E-state index contributed by atoms with van der Waals surface area (Å²) in [7, 11) is 1.33. The summed E-state index contributed by atoms with van der Waals surface area (Å²) in [6.45, 7) is 0.700. The van der Waals surface area contributed by atoms with Gasteiger partial charge in [-0.1, -0.05) is 47.5 Å². The Kier molecular flexibility index (Phi) is 8.18. The van der Waals surface area contributed by atoms with Crippen molar-refractivity contribution in [2.45, 2.75) is 44.2 Å². The van der Waals surface area contributed by atoms with Crippen LogP contribution in [0.25, 0.3) is 0 Å². The highest BCUT2D eigenvalue weighted by molar-refractivity contribution is 6.35. The Bertz CT molecular complexity index is 934. The number of rotatable bonds is 8. The summed E-state index contributed by atoms with van der Waals surface area (Å²) in [6, 6.07) is 10.3. The van der Waals surface area contributed by atoms with Gasteiger partial charge in [0.15, 0.2) is 0 Å². The number of benzene rings is 2. The van der Waals surface area contributed by atoms with E-state index in [9.17, 15) is 9.59 Å². The number of aryl methyl sites for hydroxylation is 1. The summed E-state index contributed by atoms with van der Waals surface area (Å²) in [4.78, 5) is 24.9. The molecule has 0 saturated carbocycles. The molecule has 1 aliphatic heterocycles. The van der Waals surface area contributed by atoms with Gasteiger partial charge in [0.2, 0.25) is 5.91 Å². The highest BCUT2D eigenvalue weighted by atomic mass is 35.5. The lowest BCUT2D eigenvalue weighted by Crippen LogP contribution is -2.42. The van der Waals surface area contributed by atoms with E-state index < -0.39 is 18.1 Å². The topological polar surface area (TPSA) is 93.5 Å². The number of carbonyl (C=O) groups is 2. The van der Waals surface area contributed by atoms with Gasteiger partial charge in [-0.3, -0.25) is 4.79 Å². The summed E-state index contributed by atoms with van der Waals surface area (Å²) >= 11 is 12.5. The monoisotopic (exact) mass is 463 g/mol. The van der Waals surface area contributed by atoms with Crippen LogP contribution in [0.4, 0.5) is 5.69 Å². The van der Waals surface area contributed by atoms with Crippen molar-refractivity contribution < 1.29 is 14.3 Å². The number of esters is 1. The van der Waals surface area contributed by atoms with Crippen LogP contribution in [0.5, 0.6) is 0 Å². The van der Waals surface area contributed by atoms with Crippen LogP contribution < -0.4 is 16.4 Å². The number of nitrogens with one attached hydrogen (secondary N) is 2. The van der Waals surface area contributed by atoms with E-state index in [-0.39, 0.29) is 12.3 Å². The SMILES string of the molecule is COC(=O)C1CC(NC(=O)Cc2ccc(CCCCN)cc2)c2c(Cl)cc(Cl)cc2N1. The Morgan fingerprint density at radius 2 is 1.87 bits per heavy atom. The molecule has 1 aliphatic rings. The zero-order chi connectivity index (χ0) is 22.4. The Morgan fingerprint density at radius 1 is 1.16 bits per heavy atom. The second-order valence-corrected chi connectivity index (χ2v) is 8.51. The summed E-state index contributed by atoms with van der Waals surface area (Å²) in [5.74, 6) is -0.561. The van der Waals surface area contributed by atoms with Gasteiger partial charge in [-0.15, -0.1) is 0 Å². The Balaban J connectivity index is 1.70. The molecule has 0 saturated heterocycles. The van der Waals surface area contributed by atoms with E-state index >= 15 is 0 Å². The number of ether oxygens (including phenoxy) is 1. The van der Waals surface area contributed by atoms with Gasteiger partial charge in [0, 0.05) is 27.7 Å². The molecule has 3 rings (SSSR count). The molecule has 1 heterocycles. The minimum atomic E-state index is -0.606. The van der Waals surface area contributed by atoms with Gasteiger partial charge < -0.3 is 21.1 Å². The molecule has 0 spiro atoms. The molecule has 0 aromatic heterocycles. The summed E-state index contributed by atoms with van der Waals surface area (Å²) in [6.07, 6.45) is 3.59. The molecule has 2 unspecified atom stereocenters. The van der Waals surface area contributed by atoms with Crippen molar-refractivity contribution in [1.29, 1.82) is 0 Å². The maximum absolute atomic E-state index is 12.8. The van der Waals surface area contributed by atoms with Crippen LogP contribution in [0.1, 0.15) is 42.0 Å². The van der Waals surface area contributed by atoms with E-state index in [2.05, 4.69) is 10.6 Å². The van der Waals surface area contributed by atoms with Crippen molar-refractivity contribution in [3.8, 4) is 0 Å². The third kappa shape index (κ3) is 6.12. The first kappa shape index (κ1) is 23.4. The van der Waals surface area contributed by atoms with Crippen molar-refractivity contribution in [3.63, 3.8) is 0 Å².